The molecular formula is C21H23N5. The summed E-state index contributed by atoms with van der Waals surface area (Å²) < 4.78 is 0. The molecule has 0 amide bonds. The number of aromatic nitrogens is 2. The van der Waals surface area contributed by atoms with Crippen LogP contribution in [0.1, 0.15) is 16.7 Å². The topological polar surface area (TPSA) is 59.0 Å². The summed E-state index contributed by atoms with van der Waals surface area (Å²) in [4.78, 5) is 12.4. The third kappa shape index (κ3) is 2.83. The molecule has 0 unspecified atom stereocenters. The Balaban J connectivity index is 1.73. The summed E-state index contributed by atoms with van der Waals surface area (Å²) in [5.41, 5.74) is 7.53. The van der Waals surface area contributed by atoms with Crippen LogP contribution in [-0.4, -0.2) is 48.1 Å². The summed E-state index contributed by atoms with van der Waals surface area (Å²) in [5, 5.41) is 10.1. The fourth-order valence-corrected chi connectivity index (χ4v) is 3.91. The second-order valence-electron chi connectivity index (χ2n) is 7.18. The van der Waals surface area contributed by atoms with Gasteiger partial charge in [-0.15, -0.1) is 0 Å². The SMILES string of the molecule is Cc1cc(-c2cnc3[nH]cc(C#N)c3c2)cc(C)c1N1CCN(C)CC1. The van der Waals surface area contributed by atoms with E-state index >= 15 is 0 Å². The number of hydrogen-bond acceptors (Lipinski definition) is 4. The van der Waals surface area contributed by atoms with E-state index in [2.05, 4.69) is 64.9 Å². The molecular weight excluding hydrogens is 322 g/mol. The molecule has 0 bridgehead atoms. The number of nitrogens with one attached hydrogen (secondary N) is 1. The Hall–Kier alpha value is -2.84. The van der Waals surface area contributed by atoms with Crippen molar-refractivity contribution in [2.45, 2.75) is 13.8 Å². The minimum absolute atomic E-state index is 0.636. The highest BCUT2D eigenvalue weighted by molar-refractivity contribution is 5.87. The first-order valence-corrected chi connectivity index (χ1v) is 8.99. The van der Waals surface area contributed by atoms with E-state index in [9.17, 15) is 5.26 Å². The van der Waals surface area contributed by atoms with Gasteiger partial charge in [0.25, 0.3) is 0 Å². The zero-order valence-corrected chi connectivity index (χ0v) is 15.5. The predicted octanol–water partition coefficient (Wildman–Crippen LogP) is 3.47. The molecule has 26 heavy (non-hydrogen) atoms. The number of nitriles is 1. The molecule has 1 aromatic carbocycles. The second kappa shape index (κ2) is 6.47. The summed E-state index contributed by atoms with van der Waals surface area (Å²) >= 11 is 0. The average molecular weight is 345 g/mol. The van der Waals surface area contributed by atoms with E-state index in [4.69, 9.17) is 0 Å². The Kier molecular flexibility index (Phi) is 4.14. The van der Waals surface area contributed by atoms with Crippen molar-refractivity contribution in [2.24, 2.45) is 0 Å². The Morgan fingerprint density at radius 1 is 1.04 bits per heavy atom. The Bertz CT molecular complexity index is 980. The van der Waals surface area contributed by atoms with Crippen LogP contribution in [0.3, 0.4) is 0 Å². The molecule has 1 fully saturated rings. The van der Waals surface area contributed by atoms with Crippen LogP contribution in [0.5, 0.6) is 0 Å². The first-order valence-electron chi connectivity index (χ1n) is 8.99. The second-order valence-corrected chi connectivity index (χ2v) is 7.18. The standard InChI is InChI=1S/C21H23N5/c1-14-8-16(9-15(2)20(14)26-6-4-25(3)5-7-26)17-10-19-18(11-22)13-24-21(19)23-12-17/h8-10,12-13H,4-7H2,1-3H3,(H,23,24). The molecule has 2 aromatic heterocycles. The molecule has 0 aliphatic carbocycles. The summed E-state index contributed by atoms with van der Waals surface area (Å²) in [7, 11) is 2.18. The minimum atomic E-state index is 0.636. The maximum atomic E-state index is 9.27. The molecule has 0 spiro atoms. The number of likely N-dealkylation sites (N-methyl/N-ethyl adjacent to an activating group) is 1. The van der Waals surface area contributed by atoms with Crippen molar-refractivity contribution in [3.8, 4) is 17.2 Å². The zero-order valence-electron chi connectivity index (χ0n) is 15.5. The quantitative estimate of drug-likeness (QED) is 0.773. The van der Waals surface area contributed by atoms with Gasteiger partial charge in [0, 0.05) is 55.2 Å². The largest absolute Gasteiger partial charge is 0.369 e. The first kappa shape index (κ1) is 16.6. The summed E-state index contributed by atoms with van der Waals surface area (Å²) in [6, 6.07) is 8.76. The molecule has 0 saturated carbocycles. The van der Waals surface area contributed by atoms with Crippen LogP contribution in [0, 0.1) is 25.2 Å². The van der Waals surface area contributed by atoms with E-state index in [-0.39, 0.29) is 0 Å². The van der Waals surface area contributed by atoms with Gasteiger partial charge in [-0.2, -0.15) is 5.26 Å². The van der Waals surface area contributed by atoms with Crippen molar-refractivity contribution >= 4 is 16.7 Å². The molecule has 0 radical (unpaired) electrons. The highest BCUT2D eigenvalue weighted by atomic mass is 15.2. The van der Waals surface area contributed by atoms with E-state index in [1.165, 1.54) is 16.8 Å². The molecule has 5 heteroatoms. The van der Waals surface area contributed by atoms with Gasteiger partial charge in [-0.05, 0) is 55.8 Å². The van der Waals surface area contributed by atoms with Crippen LogP contribution in [0.2, 0.25) is 0 Å². The number of nitrogens with zero attached hydrogens (tertiary/aromatic N) is 4. The number of rotatable bonds is 2. The lowest BCUT2D eigenvalue weighted by Gasteiger charge is -2.36. The number of H-pyrrole nitrogens is 1. The van der Waals surface area contributed by atoms with Gasteiger partial charge in [0.15, 0.2) is 0 Å². The third-order valence-electron chi connectivity index (χ3n) is 5.30. The van der Waals surface area contributed by atoms with E-state index in [0.29, 0.717) is 5.56 Å². The minimum Gasteiger partial charge on any atom is -0.369 e. The molecule has 1 aliphatic heterocycles. The number of piperazine rings is 1. The highest BCUT2D eigenvalue weighted by Gasteiger charge is 2.18. The van der Waals surface area contributed by atoms with Gasteiger partial charge in [-0.1, -0.05) is 0 Å². The molecule has 3 heterocycles. The van der Waals surface area contributed by atoms with Crippen LogP contribution in [-0.2, 0) is 0 Å². The van der Waals surface area contributed by atoms with Crippen molar-refractivity contribution in [1.29, 1.82) is 5.26 Å². The highest BCUT2D eigenvalue weighted by Crippen LogP contribution is 2.32. The first-order chi connectivity index (χ1) is 12.6. The zero-order chi connectivity index (χ0) is 18.3. The van der Waals surface area contributed by atoms with Gasteiger partial charge in [0.2, 0.25) is 0 Å². The van der Waals surface area contributed by atoms with Crippen LogP contribution in [0.4, 0.5) is 5.69 Å². The van der Waals surface area contributed by atoms with Gasteiger partial charge in [-0.25, -0.2) is 4.98 Å². The summed E-state index contributed by atoms with van der Waals surface area (Å²) in [5.74, 6) is 0. The number of aromatic amines is 1. The summed E-state index contributed by atoms with van der Waals surface area (Å²) in [6.45, 7) is 8.72. The smallest absolute Gasteiger partial charge is 0.138 e. The molecule has 132 valence electrons. The lowest BCUT2D eigenvalue weighted by molar-refractivity contribution is 0.312. The molecule has 5 nitrogen and oxygen atoms in total. The molecule has 1 saturated heterocycles. The van der Waals surface area contributed by atoms with Gasteiger partial charge in [-0.3, -0.25) is 0 Å². The number of fused-ring (bicyclic) bond motifs is 1. The number of pyridine rings is 1. The summed E-state index contributed by atoms with van der Waals surface area (Å²) in [6.07, 6.45) is 3.60. The van der Waals surface area contributed by atoms with Gasteiger partial charge < -0.3 is 14.8 Å². The van der Waals surface area contributed by atoms with E-state index in [1.807, 2.05) is 6.20 Å². The average Bonchev–Trinajstić information content (AvgIpc) is 3.05. The number of anilines is 1. The lowest BCUT2D eigenvalue weighted by Crippen LogP contribution is -2.45. The van der Waals surface area contributed by atoms with E-state index in [0.717, 1.165) is 48.3 Å². The van der Waals surface area contributed by atoms with Crippen molar-refractivity contribution in [2.75, 3.05) is 38.1 Å². The van der Waals surface area contributed by atoms with Gasteiger partial charge in [0.05, 0.1) is 5.56 Å². The fraction of sp³-hybridized carbons (Fsp3) is 0.333. The normalized spacial score (nSPS) is 15.4. The molecule has 0 atom stereocenters. The Labute approximate surface area is 153 Å². The third-order valence-corrected chi connectivity index (χ3v) is 5.30. The Morgan fingerprint density at radius 2 is 1.73 bits per heavy atom. The fourth-order valence-electron chi connectivity index (χ4n) is 3.91. The predicted molar refractivity (Wildman–Crippen MR) is 105 cm³/mol. The van der Waals surface area contributed by atoms with Crippen molar-refractivity contribution in [1.82, 2.24) is 14.9 Å². The molecule has 1 aliphatic rings. The van der Waals surface area contributed by atoms with Crippen LogP contribution in [0.25, 0.3) is 22.2 Å². The van der Waals surface area contributed by atoms with E-state index < -0.39 is 0 Å². The van der Waals surface area contributed by atoms with E-state index in [1.54, 1.807) is 6.20 Å². The maximum absolute atomic E-state index is 9.27. The maximum Gasteiger partial charge on any atom is 0.138 e. The lowest BCUT2D eigenvalue weighted by atomic mass is 9.98. The van der Waals surface area contributed by atoms with Crippen molar-refractivity contribution < 1.29 is 0 Å². The Morgan fingerprint density at radius 3 is 2.38 bits per heavy atom. The van der Waals surface area contributed by atoms with Gasteiger partial charge in [0.1, 0.15) is 11.7 Å². The number of benzene rings is 1. The molecule has 1 N–H and O–H groups in total. The van der Waals surface area contributed by atoms with Crippen LogP contribution < -0.4 is 4.90 Å². The monoisotopic (exact) mass is 345 g/mol. The van der Waals surface area contributed by atoms with Crippen molar-refractivity contribution in [3.05, 3.63) is 47.3 Å². The molecule has 3 aromatic rings. The van der Waals surface area contributed by atoms with Crippen LogP contribution in [0.15, 0.2) is 30.6 Å². The molecule has 4 rings (SSSR count). The van der Waals surface area contributed by atoms with Gasteiger partial charge >= 0.3 is 0 Å². The number of aryl methyl sites for hydroxylation is 2. The van der Waals surface area contributed by atoms with Crippen molar-refractivity contribution in [3.63, 3.8) is 0 Å². The van der Waals surface area contributed by atoms with Crippen LogP contribution >= 0.6 is 0 Å². The number of hydrogen-bond donors (Lipinski definition) is 1.